The molecule has 15 heavy (non-hydrogen) atoms. The Bertz CT molecular complexity index is 288. The van der Waals surface area contributed by atoms with E-state index in [-0.39, 0.29) is 6.10 Å². The molecule has 1 rings (SSSR count). The molecular formula is C11H18BrNOS. The molecular weight excluding hydrogens is 274 g/mol. The molecule has 2 N–H and O–H groups in total. The van der Waals surface area contributed by atoms with Crippen LogP contribution in [-0.2, 0) is 6.54 Å². The van der Waals surface area contributed by atoms with Crippen molar-refractivity contribution in [1.29, 1.82) is 0 Å². The Hall–Kier alpha value is 0.1000. The van der Waals surface area contributed by atoms with Crippen molar-refractivity contribution in [3.05, 3.63) is 20.8 Å². The first-order valence-corrected chi connectivity index (χ1v) is 6.82. The molecule has 0 saturated heterocycles. The van der Waals surface area contributed by atoms with E-state index < -0.39 is 0 Å². The van der Waals surface area contributed by atoms with Crippen LogP contribution in [-0.4, -0.2) is 17.8 Å². The summed E-state index contributed by atoms with van der Waals surface area (Å²) in [6.07, 6.45) is 0.666. The molecule has 2 nitrogen and oxygen atoms in total. The molecule has 0 spiro atoms. The molecule has 0 amide bonds. The zero-order chi connectivity index (χ0) is 11.3. The minimum atomic E-state index is -0.197. The quantitative estimate of drug-likeness (QED) is 0.845. The van der Waals surface area contributed by atoms with E-state index in [0.717, 1.165) is 19.5 Å². The molecule has 0 saturated carbocycles. The maximum absolute atomic E-state index is 9.21. The van der Waals surface area contributed by atoms with Gasteiger partial charge in [-0.15, -0.1) is 11.3 Å². The van der Waals surface area contributed by atoms with Crippen LogP contribution in [0.3, 0.4) is 0 Å². The molecule has 86 valence electrons. The average Bonchev–Trinajstić information content (AvgIpc) is 2.50. The fourth-order valence-electron chi connectivity index (χ4n) is 1.55. The summed E-state index contributed by atoms with van der Waals surface area (Å²) in [5, 5.41) is 12.6. The number of halogens is 1. The fourth-order valence-corrected chi connectivity index (χ4v) is 3.01. The second-order valence-corrected chi connectivity index (χ2v) is 6.57. The molecule has 0 fully saturated rings. The number of rotatable bonds is 6. The number of thiophene rings is 1. The fraction of sp³-hybridized carbons (Fsp3) is 0.636. The van der Waals surface area contributed by atoms with Gasteiger partial charge in [0.1, 0.15) is 0 Å². The summed E-state index contributed by atoms with van der Waals surface area (Å²) in [4.78, 5) is 1.34. The van der Waals surface area contributed by atoms with E-state index in [4.69, 9.17) is 0 Å². The third-order valence-corrected chi connectivity index (χ3v) is 3.79. The maximum atomic E-state index is 9.21. The first-order valence-electron chi connectivity index (χ1n) is 5.21. The van der Waals surface area contributed by atoms with Crippen LogP contribution in [0.5, 0.6) is 0 Å². The van der Waals surface area contributed by atoms with Gasteiger partial charge in [-0.1, -0.05) is 6.92 Å². The van der Waals surface area contributed by atoms with E-state index in [2.05, 4.69) is 40.3 Å². The summed E-state index contributed by atoms with van der Waals surface area (Å²) in [5.41, 5.74) is 0. The van der Waals surface area contributed by atoms with Crippen molar-refractivity contribution in [2.45, 2.75) is 32.9 Å². The molecule has 1 aromatic rings. The van der Waals surface area contributed by atoms with Gasteiger partial charge < -0.3 is 10.4 Å². The summed E-state index contributed by atoms with van der Waals surface area (Å²) in [7, 11) is 0. The van der Waals surface area contributed by atoms with Crippen LogP contribution in [0, 0.1) is 5.92 Å². The highest BCUT2D eigenvalue weighted by molar-refractivity contribution is 9.11. The van der Waals surface area contributed by atoms with Crippen LogP contribution in [0.1, 0.15) is 25.1 Å². The number of hydrogen-bond acceptors (Lipinski definition) is 3. The monoisotopic (exact) mass is 291 g/mol. The SMILES string of the molecule is CC(O)CC(C)CNCc1ccc(Br)s1. The predicted molar refractivity (Wildman–Crippen MR) is 69.2 cm³/mol. The van der Waals surface area contributed by atoms with Crippen LogP contribution in [0.2, 0.25) is 0 Å². The van der Waals surface area contributed by atoms with Gasteiger partial charge in [0.25, 0.3) is 0 Å². The first-order chi connectivity index (χ1) is 7.08. The lowest BCUT2D eigenvalue weighted by Crippen LogP contribution is -2.22. The first kappa shape index (κ1) is 13.2. The average molecular weight is 292 g/mol. The zero-order valence-corrected chi connectivity index (χ0v) is 11.6. The predicted octanol–water partition coefficient (Wildman–Crippen LogP) is 3.01. The van der Waals surface area contributed by atoms with Crippen molar-refractivity contribution >= 4 is 27.3 Å². The molecule has 0 aliphatic carbocycles. The second-order valence-electron chi connectivity index (χ2n) is 4.03. The lowest BCUT2D eigenvalue weighted by atomic mass is 10.1. The second kappa shape index (κ2) is 6.63. The lowest BCUT2D eigenvalue weighted by molar-refractivity contribution is 0.163. The van der Waals surface area contributed by atoms with Crippen LogP contribution in [0.15, 0.2) is 15.9 Å². The van der Waals surface area contributed by atoms with Gasteiger partial charge in [-0.2, -0.15) is 0 Å². The lowest BCUT2D eigenvalue weighted by Gasteiger charge is -2.13. The summed E-state index contributed by atoms with van der Waals surface area (Å²) >= 11 is 5.20. The van der Waals surface area contributed by atoms with Gasteiger partial charge in [-0.25, -0.2) is 0 Å². The Labute approximate surface area is 104 Å². The van der Waals surface area contributed by atoms with Crippen LogP contribution >= 0.6 is 27.3 Å². The Morgan fingerprint density at radius 2 is 2.20 bits per heavy atom. The molecule has 0 radical (unpaired) electrons. The van der Waals surface area contributed by atoms with Crippen molar-refractivity contribution in [3.63, 3.8) is 0 Å². The van der Waals surface area contributed by atoms with E-state index in [9.17, 15) is 5.11 Å². The number of hydrogen-bond donors (Lipinski definition) is 2. The van der Waals surface area contributed by atoms with Crippen LogP contribution < -0.4 is 5.32 Å². The summed E-state index contributed by atoms with van der Waals surface area (Å²) in [6.45, 7) is 5.87. The van der Waals surface area contributed by atoms with Gasteiger partial charge >= 0.3 is 0 Å². The normalized spacial score (nSPS) is 15.2. The summed E-state index contributed by atoms with van der Waals surface area (Å²) < 4.78 is 1.18. The van der Waals surface area contributed by atoms with Gasteiger partial charge in [0.15, 0.2) is 0 Å². The molecule has 0 aromatic carbocycles. The third-order valence-electron chi connectivity index (χ3n) is 2.16. The third kappa shape index (κ3) is 5.66. The van der Waals surface area contributed by atoms with Crippen molar-refractivity contribution in [2.75, 3.05) is 6.54 Å². The number of nitrogens with one attached hydrogen (secondary N) is 1. The highest BCUT2D eigenvalue weighted by Gasteiger charge is 2.05. The van der Waals surface area contributed by atoms with Gasteiger partial charge in [-0.05, 0) is 53.9 Å². The Morgan fingerprint density at radius 3 is 2.73 bits per heavy atom. The van der Waals surface area contributed by atoms with Crippen molar-refractivity contribution in [1.82, 2.24) is 5.32 Å². The number of aliphatic hydroxyl groups is 1. The topological polar surface area (TPSA) is 32.3 Å². The van der Waals surface area contributed by atoms with Crippen LogP contribution in [0.25, 0.3) is 0 Å². The maximum Gasteiger partial charge on any atom is 0.0701 e. The zero-order valence-electron chi connectivity index (χ0n) is 9.16. The van der Waals surface area contributed by atoms with Gasteiger partial charge in [0.2, 0.25) is 0 Å². The van der Waals surface area contributed by atoms with E-state index >= 15 is 0 Å². The largest absolute Gasteiger partial charge is 0.393 e. The molecule has 0 aliphatic rings. The molecule has 0 aliphatic heterocycles. The van der Waals surface area contributed by atoms with E-state index in [0.29, 0.717) is 5.92 Å². The minimum absolute atomic E-state index is 0.197. The molecule has 1 heterocycles. The van der Waals surface area contributed by atoms with E-state index in [1.807, 2.05) is 6.92 Å². The molecule has 2 unspecified atom stereocenters. The van der Waals surface area contributed by atoms with Crippen molar-refractivity contribution in [2.24, 2.45) is 5.92 Å². The highest BCUT2D eigenvalue weighted by atomic mass is 79.9. The molecule has 4 heteroatoms. The van der Waals surface area contributed by atoms with Crippen molar-refractivity contribution in [3.8, 4) is 0 Å². The Morgan fingerprint density at radius 1 is 1.47 bits per heavy atom. The van der Waals surface area contributed by atoms with Crippen LogP contribution in [0.4, 0.5) is 0 Å². The standard InChI is InChI=1S/C11H18BrNOS/c1-8(5-9(2)14)6-13-7-10-3-4-11(12)15-10/h3-4,8-9,13-14H,5-7H2,1-2H3. The number of aliphatic hydroxyl groups excluding tert-OH is 1. The molecule has 2 atom stereocenters. The Kier molecular flexibility index (Phi) is 5.82. The summed E-state index contributed by atoms with van der Waals surface area (Å²) in [6, 6.07) is 4.20. The molecule has 0 bridgehead atoms. The van der Waals surface area contributed by atoms with Crippen molar-refractivity contribution < 1.29 is 5.11 Å². The van der Waals surface area contributed by atoms with E-state index in [1.54, 1.807) is 11.3 Å². The van der Waals surface area contributed by atoms with Gasteiger partial charge in [0, 0.05) is 11.4 Å². The van der Waals surface area contributed by atoms with E-state index in [1.165, 1.54) is 8.66 Å². The van der Waals surface area contributed by atoms with Gasteiger partial charge in [-0.3, -0.25) is 0 Å². The minimum Gasteiger partial charge on any atom is -0.393 e. The highest BCUT2D eigenvalue weighted by Crippen LogP contribution is 2.21. The summed E-state index contributed by atoms with van der Waals surface area (Å²) in [5.74, 6) is 0.522. The smallest absolute Gasteiger partial charge is 0.0701 e. The van der Waals surface area contributed by atoms with Gasteiger partial charge in [0.05, 0.1) is 9.89 Å². The Balaban J connectivity index is 2.16. The molecule has 1 aromatic heterocycles.